The van der Waals surface area contributed by atoms with Crippen LogP contribution in [0.3, 0.4) is 0 Å². The highest BCUT2D eigenvalue weighted by molar-refractivity contribution is 5.71. The van der Waals surface area contributed by atoms with Crippen LogP contribution in [-0.4, -0.2) is 12.6 Å². The Balaban J connectivity index is 1.82. The average molecular weight is 289 g/mol. The molecule has 0 aromatic heterocycles. The maximum atomic E-state index is 12.9. The maximum absolute atomic E-state index is 12.9. The molecule has 4 nitrogen and oxygen atoms in total. The van der Waals surface area contributed by atoms with E-state index in [4.69, 9.17) is 15.2 Å². The quantitative estimate of drug-likeness (QED) is 0.679. The Morgan fingerprint density at radius 3 is 2.76 bits per heavy atom. The Kier molecular flexibility index (Phi) is 4.77. The fourth-order valence-corrected chi connectivity index (χ4v) is 1.77. The molecule has 0 radical (unpaired) electrons. The molecule has 2 aromatic carbocycles. The number of nitrogens with two attached hydrogens (primary N) is 1. The number of hydrogen-bond acceptors (Lipinski definition) is 4. The first-order valence-corrected chi connectivity index (χ1v) is 6.43. The standard InChI is InChI=1S/C16H16FNO3/c1-11-7-13(17)6-5-12(11)9-21-16(19)10-20-15-4-2-3-14(18)8-15/h2-8H,9-10,18H2,1H3. The van der Waals surface area contributed by atoms with Crippen molar-refractivity contribution in [2.45, 2.75) is 13.5 Å². The molecule has 21 heavy (non-hydrogen) atoms. The van der Waals surface area contributed by atoms with Crippen molar-refractivity contribution >= 4 is 11.7 Å². The van der Waals surface area contributed by atoms with E-state index in [0.29, 0.717) is 11.4 Å². The molecule has 0 aliphatic rings. The summed E-state index contributed by atoms with van der Waals surface area (Å²) in [6.07, 6.45) is 0. The van der Waals surface area contributed by atoms with Gasteiger partial charge in [0.1, 0.15) is 18.2 Å². The Labute approximate surface area is 122 Å². The number of esters is 1. The predicted octanol–water partition coefficient (Wildman–Crippen LogP) is 2.84. The van der Waals surface area contributed by atoms with E-state index in [1.165, 1.54) is 12.1 Å². The molecule has 0 aliphatic carbocycles. The van der Waals surface area contributed by atoms with Gasteiger partial charge in [-0.2, -0.15) is 0 Å². The number of carbonyl (C=O) groups excluding carboxylic acids is 1. The minimum Gasteiger partial charge on any atom is -0.482 e. The molecule has 0 aliphatic heterocycles. The van der Waals surface area contributed by atoms with Crippen LogP contribution < -0.4 is 10.5 Å². The smallest absolute Gasteiger partial charge is 0.344 e. The second-order valence-corrected chi connectivity index (χ2v) is 4.59. The zero-order valence-electron chi connectivity index (χ0n) is 11.6. The van der Waals surface area contributed by atoms with E-state index < -0.39 is 5.97 Å². The van der Waals surface area contributed by atoms with Gasteiger partial charge in [-0.25, -0.2) is 9.18 Å². The van der Waals surface area contributed by atoms with E-state index in [1.54, 1.807) is 37.3 Å². The van der Waals surface area contributed by atoms with Gasteiger partial charge < -0.3 is 15.2 Å². The largest absolute Gasteiger partial charge is 0.482 e. The maximum Gasteiger partial charge on any atom is 0.344 e. The monoisotopic (exact) mass is 289 g/mol. The third-order valence-corrected chi connectivity index (χ3v) is 2.91. The summed E-state index contributed by atoms with van der Waals surface area (Å²) in [6, 6.07) is 11.1. The van der Waals surface area contributed by atoms with Crippen LogP contribution in [0.25, 0.3) is 0 Å². The molecule has 0 heterocycles. The van der Waals surface area contributed by atoms with Gasteiger partial charge >= 0.3 is 5.97 Å². The van der Waals surface area contributed by atoms with Gasteiger partial charge in [-0.1, -0.05) is 12.1 Å². The number of ether oxygens (including phenoxy) is 2. The molecular formula is C16H16FNO3. The Morgan fingerprint density at radius 1 is 1.24 bits per heavy atom. The third-order valence-electron chi connectivity index (χ3n) is 2.91. The molecule has 2 N–H and O–H groups in total. The summed E-state index contributed by atoms with van der Waals surface area (Å²) in [5, 5.41) is 0. The highest BCUT2D eigenvalue weighted by atomic mass is 19.1. The number of aryl methyl sites for hydroxylation is 1. The second-order valence-electron chi connectivity index (χ2n) is 4.59. The van der Waals surface area contributed by atoms with E-state index >= 15 is 0 Å². The number of nitrogen functional groups attached to an aromatic ring is 1. The van der Waals surface area contributed by atoms with Crippen molar-refractivity contribution in [3.63, 3.8) is 0 Å². The van der Waals surface area contributed by atoms with Crippen molar-refractivity contribution in [3.05, 3.63) is 59.4 Å². The van der Waals surface area contributed by atoms with Gasteiger partial charge in [-0.15, -0.1) is 0 Å². The van der Waals surface area contributed by atoms with Crippen LogP contribution in [0.2, 0.25) is 0 Å². The lowest BCUT2D eigenvalue weighted by atomic mass is 10.1. The van der Waals surface area contributed by atoms with Crippen LogP contribution >= 0.6 is 0 Å². The molecule has 110 valence electrons. The molecular weight excluding hydrogens is 273 g/mol. The Hall–Kier alpha value is -2.56. The van der Waals surface area contributed by atoms with Crippen molar-refractivity contribution < 1.29 is 18.7 Å². The molecule has 0 amide bonds. The summed E-state index contributed by atoms with van der Waals surface area (Å²) in [6.45, 7) is 1.64. The Morgan fingerprint density at radius 2 is 2.05 bits per heavy atom. The van der Waals surface area contributed by atoms with Crippen LogP contribution in [-0.2, 0) is 16.1 Å². The molecule has 0 fully saturated rings. The van der Waals surface area contributed by atoms with Crippen LogP contribution in [0.4, 0.5) is 10.1 Å². The van der Waals surface area contributed by atoms with E-state index in [-0.39, 0.29) is 19.0 Å². The first kappa shape index (κ1) is 14.8. The number of benzene rings is 2. The summed E-state index contributed by atoms with van der Waals surface area (Å²) in [4.78, 5) is 11.6. The van der Waals surface area contributed by atoms with Crippen molar-refractivity contribution in [2.24, 2.45) is 0 Å². The Bertz CT molecular complexity index is 643. The van der Waals surface area contributed by atoms with Gasteiger partial charge in [-0.3, -0.25) is 0 Å². The third kappa shape index (κ3) is 4.49. The normalized spacial score (nSPS) is 10.2. The van der Waals surface area contributed by atoms with Crippen molar-refractivity contribution in [1.29, 1.82) is 0 Å². The molecule has 0 spiro atoms. The van der Waals surface area contributed by atoms with E-state index in [1.807, 2.05) is 0 Å². The minimum atomic E-state index is -0.499. The fourth-order valence-electron chi connectivity index (χ4n) is 1.77. The lowest BCUT2D eigenvalue weighted by Crippen LogP contribution is -2.15. The van der Waals surface area contributed by atoms with Gasteiger partial charge in [0.05, 0.1) is 0 Å². The summed E-state index contributed by atoms with van der Waals surface area (Å²) in [5.41, 5.74) is 7.65. The van der Waals surface area contributed by atoms with Crippen molar-refractivity contribution in [3.8, 4) is 5.75 Å². The first-order chi connectivity index (χ1) is 10.0. The van der Waals surface area contributed by atoms with E-state index in [0.717, 1.165) is 11.1 Å². The van der Waals surface area contributed by atoms with Crippen molar-refractivity contribution in [2.75, 3.05) is 12.3 Å². The first-order valence-electron chi connectivity index (χ1n) is 6.43. The summed E-state index contributed by atoms with van der Waals surface area (Å²) in [7, 11) is 0. The average Bonchev–Trinajstić information content (AvgIpc) is 2.44. The molecule has 0 atom stereocenters. The zero-order valence-corrected chi connectivity index (χ0v) is 11.6. The number of rotatable bonds is 5. The number of hydrogen-bond donors (Lipinski definition) is 1. The van der Waals surface area contributed by atoms with Gasteiger partial charge in [0.15, 0.2) is 6.61 Å². The number of anilines is 1. The SMILES string of the molecule is Cc1cc(F)ccc1COC(=O)COc1cccc(N)c1. The summed E-state index contributed by atoms with van der Waals surface area (Å²) >= 11 is 0. The molecule has 0 bridgehead atoms. The molecule has 2 rings (SSSR count). The molecule has 0 unspecified atom stereocenters. The predicted molar refractivity (Wildman–Crippen MR) is 77.3 cm³/mol. The highest BCUT2D eigenvalue weighted by Crippen LogP contribution is 2.15. The van der Waals surface area contributed by atoms with Gasteiger partial charge in [0.25, 0.3) is 0 Å². The summed E-state index contributed by atoms with van der Waals surface area (Å²) < 4.78 is 23.3. The topological polar surface area (TPSA) is 61.5 Å². The van der Waals surface area contributed by atoms with Crippen molar-refractivity contribution in [1.82, 2.24) is 0 Å². The number of carbonyl (C=O) groups is 1. The molecule has 5 heteroatoms. The van der Waals surface area contributed by atoms with E-state index in [2.05, 4.69) is 0 Å². The van der Waals surface area contributed by atoms with E-state index in [9.17, 15) is 9.18 Å². The lowest BCUT2D eigenvalue weighted by Gasteiger charge is -2.09. The summed E-state index contributed by atoms with van der Waals surface area (Å²) in [5.74, 6) is -0.307. The van der Waals surface area contributed by atoms with Gasteiger partial charge in [-0.05, 0) is 42.3 Å². The number of halogens is 1. The highest BCUT2D eigenvalue weighted by Gasteiger charge is 2.07. The van der Waals surface area contributed by atoms with Crippen LogP contribution in [0.5, 0.6) is 5.75 Å². The van der Waals surface area contributed by atoms with Gasteiger partial charge in [0.2, 0.25) is 0 Å². The zero-order chi connectivity index (χ0) is 15.2. The fraction of sp³-hybridized carbons (Fsp3) is 0.188. The lowest BCUT2D eigenvalue weighted by molar-refractivity contribution is -0.147. The molecule has 0 saturated carbocycles. The minimum absolute atomic E-state index is 0.0885. The molecule has 2 aromatic rings. The van der Waals surface area contributed by atoms with Crippen LogP contribution in [0, 0.1) is 12.7 Å². The van der Waals surface area contributed by atoms with Crippen LogP contribution in [0.15, 0.2) is 42.5 Å². The van der Waals surface area contributed by atoms with Crippen LogP contribution in [0.1, 0.15) is 11.1 Å². The van der Waals surface area contributed by atoms with Gasteiger partial charge in [0, 0.05) is 11.8 Å². The molecule has 0 saturated heterocycles. The second kappa shape index (κ2) is 6.74.